The highest BCUT2D eigenvalue weighted by Crippen LogP contribution is 2.31. The van der Waals surface area contributed by atoms with Crippen molar-refractivity contribution in [2.75, 3.05) is 31.6 Å². The minimum absolute atomic E-state index is 0.0928. The molecule has 1 unspecified atom stereocenters. The lowest BCUT2D eigenvalue weighted by Crippen LogP contribution is -2.43. The molecule has 1 aliphatic heterocycles. The number of aliphatic hydroxyl groups excluding tert-OH is 1. The van der Waals surface area contributed by atoms with Crippen LogP contribution in [0.2, 0.25) is 10.0 Å². The highest BCUT2D eigenvalue weighted by molar-refractivity contribution is 6.42. The van der Waals surface area contributed by atoms with Crippen molar-refractivity contribution in [1.29, 1.82) is 0 Å². The van der Waals surface area contributed by atoms with Crippen LogP contribution in [0.1, 0.15) is 19.8 Å². The molecule has 3 aromatic rings. The molecule has 1 amide bonds. The number of likely N-dealkylation sites (tertiary alicyclic amines) is 1. The van der Waals surface area contributed by atoms with E-state index < -0.39 is 6.10 Å². The lowest BCUT2D eigenvalue weighted by molar-refractivity contribution is -0.114. The molecule has 0 bridgehead atoms. The van der Waals surface area contributed by atoms with Gasteiger partial charge in [-0.15, -0.1) is 0 Å². The van der Waals surface area contributed by atoms with Gasteiger partial charge in [-0.05, 0) is 48.2 Å². The quantitative estimate of drug-likeness (QED) is 0.361. The van der Waals surface area contributed by atoms with Gasteiger partial charge in [0.15, 0.2) is 0 Å². The second-order valence-corrected chi connectivity index (χ2v) is 9.73. The summed E-state index contributed by atoms with van der Waals surface area (Å²) in [4.78, 5) is 13.9. The summed E-state index contributed by atoms with van der Waals surface area (Å²) in [5.74, 6) is 1.05. The van der Waals surface area contributed by atoms with Crippen molar-refractivity contribution in [3.63, 3.8) is 0 Å². The molecule has 3 aromatic carbocycles. The molecule has 6 nitrogen and oxygen atoms in total. The van der Waals surface area contributed by atoms with Crippen molar-refractivity contribution in [1.82, 2.24) is 4.90 Å². The Labute approximate surface area is 221 Å². The van der Waals surface area contributed by atoms with Gasteiger partial charge in [0.25, 0.3) is 0 Å². The fourth-order valence-corrected chi connectivity index (χ4v) is 4.53. The molecular weight excluding hydrogens is 499 g/mol. The molecule has 0 saturated carbocycles. The number of ether oxygens (including phenoxy) is 2. The van der Waals surface area contributed by atoms with E-state index in [0.29, 0.717) is 33.8 Å². The Bertz CT molecular complexity index is 1170. The van der Waals surface area contributed by atoms with Crippen LogP contribution >= 0.6 is 23.2 Å². The third-order valence-electron chi connectivity index (χ3n) is 6.03. The van der Waals surface area contributed by atoms with Crippen LogP contribution in [0, 0.1) is 0 Å². The number of rotatable bonds is 9. The fourth-order valence-electron chi connectivity index (χ4n) is 4.24. The molecule has 1 atom stereocenters. The zero-order chi connectivity index (χ0) is 25.5. The zero-order valence-electron chi connectivity index (χ0n) is 20.1. The van der Waals surface area contributed by atoms with E-state index >= 15 is 0 Å². The predicted molar refractivity (Wildman–Crippen MR) is 144 cm³/mol. The van der Waals surface area contributed by atoms with Gasteiger partial charge in [0.1, 0.15) is 30.3 Å². The number of halogens is 2. The van der Waals surface area contributed by atoms with Gasteiger partial charge in [0, 0.05) is 32.6 Å². The Kier molecular flexibility index (Phi) is 9.10. The smallest absolute Gasteiger partial charge is 0.221 e. The lowest BCUT2D eigenvalue weighted by Gasteiger charge is -2.33. The molecule has 4 rings (SSSR count). The number of hydrogen-bond acceptors (Lipinski definition) is 5. The third-order valence-corrected chi connectivity index (χ3v) is 6.77. The largest absolute Gasteiger partial charge is 0.490 e. The fraction of sp³-hybridized carbons (Fsp3) is 0.321. The summed E-state index contributed by atoms with van der Waals surface area (Å²) < 4.78 is 12.0. The van der Waals surface area contributed by atoms with Crippen LogP contribution in [0.3, 0.4) is 0 Å². The van der Waals surface area contributed by atoms with Gasteiger partial charge in [-0.3, -0.25) is 4.79 Å². The maximum absolute atomic E-state index is 11.7. The molecule has 1 saturated heterocycles. The highest BCUT2D eigenvalue weighted by atomic mass is 35.5. The van der Waals surface area contributed by atoms with E-state index in [9.17, 15) is 9.90 Å². The number of hydrogen-bond donors (Lipinski definition) is 2. The molecule has 1 fully saturated rings. The third kappa shape index (κ3) is 7.37. The molecule has 0 spiro atoms. The number of amides is 1. The van der Waals surface area contributed by atoms with E-state index in [2.05, 4.69) is 10.2 Å². The first-order chi connectivity index (χ1) is 17.4. The highest BCUT2D eigenvalue weighted by Gasteiger charge is 2.23. The van der Waals surface area contributed by atoms with Crippen LogP contribution in [-0.4, -0.2) is 54.4 Å². The molecule has 36 heavy (non-hydrogen) atoms. The number of carbonyl (C=O) groups is 1. The molecule has 0 aromatic heterocycles. The number of nitrogens with zero attached hydrogens (tertiary/aromatic N) is 1. The van der Waals surface area contributed by atoms with Gasteiger partial charge in [-0.25, -0.2) is 0 Å². The van der Waals surface area contributed by atoms with Crippen molar-refractivity contribution < 1.29 is 19.4 Å². The molecule has 2 N–H and O–H groups in total. The summed E-state index contributed by atoms with van der Waals surface area (Å²) in [6, 6.07) is 20.9. The number of benzene rings is 3. The van der Waals surface area contributed by atoms with Gasteiger partial charge in [-0.2, -0.15) is 0 Å². The van der Waals surface area contributed by atoms with Crippen molar-refractivity contribution in [2.24, 2.45) is 0 Å². The average Bonchev–Trinajstić information content (AvgIpc) is 2.87. The van der Waals surface area contributed by atoms with E-state index in [1.165, 1.54) is 6.92 Å². The number of nitrogens with one attached hydrogen (secondary N) is 1. The molecule has 1 aliphatic rings. The summed E-state index contributed by atoms with van der Waals surface area (Å²) >= 11 is 12.0. The molecule has 0 radical (unpaired) electrons. The number of anilines is 1. The number of β-amino-alcohol motifs (C(OH)–C–C–N with tert-alkyl or cyclic N) is 1. The van der Waals surface area contributed by atoms with Crippen LogP contribution in [0.15, 0.2) is 66.7 Å². The Morgan fingerprint density at radius 2 is 1.78 bits per heavy atom. The summed E-state index contributed by atoms with van der Waals surface area (Å²) in [5.41, 5.74) is 2.59. The van der Waals surface area contributed by atoms with Crippen molar-refractivity contribution >= 4 is 34.8 Å². The van der Waals surface area contributed by atoms with Crippen molar-refractivity contribution in [3.8, 4) is 22.6 Å². The van der Waals surface area contributed by atoms with Crippen LogP contribution in [0.4, 0.5) is 5.69 Å². The first-order valence-corrected chi connectivity index (χ1v) is 12.7. The molecular formula is C28H30Cl2N2O4. The Morgan fingerprint density at radius 3 is 2.47 bits per heavy atom. The van der Waals surface area contributed by atoms with Crippen molar-refractivity contribution in [2.45, 2.75) is 32.0 Å². The minimum Gasteiger partial charge on any atom is -0.490 e. The number of piperidine rings is 1. The molecule has 190 valence electrons. The van der Waals surface area contributed by atoms with E-state index in [0.717, 1.165) is 37.1 Å². The Hall–Kier alpha value is -2.77. The lowest BCUT2D eigenvalue weighted by atomic mass is 10.0. The standard InChI is InChI=1S/C28H30Cl2N2O4/c1-19(33)31-27-15-21(20-5-3-2-4-6-20)7-10-28(27)35-18-22(34)17-32-13-11-23(12-14-32)36-24-8-9-25(29)26(30)16-24/h2-10,15-16,22-23,34H,11-14,17-18H2,1H3,(H,31,33). The van der Waals surface area contributed by atoms with Gasteiger partial charge in [0.2, 0.25) is 5.91 Å². The summed E-state index contributed by atoms with van der Waals surface area (Å²) in [5, 5.41) is 14.4. The molecule has 0 aliphatic carbocycles. The Balaban J connectivity index is 1.27. The first kappa shape index (κ1) is 26.3. The predicted octanol–water partition coefficient (Wildman–Crippen LogP) is 5.90. The van der Waals surface area contributed by atoms with Gasteiger partial charge >= 0.3 is 0 Å². The van der Waals surface area contributed by atoms with Crippen molar-refractivity contribution in [3.05, 3.63) is 76.8 Å². The maximum Gasteiger partial charge on any atom is 0.221 e. The van der Waals surface area contributed by atoms with Gasteiger partial charge in [0.05, 0.1) is 15.7 Å². The van der Waals surface area contributed by atoms with E-state index in [-0.39, 0.29) is 18.6 Å². The SMILES string of the molecule is CC(=O)Nc1cc(-c2ccccc2)ccc1OCC(O)CN1CCC(Oc2ccc(Cl)c(Cl)c2)CC1. The van der Waals surface area contributed by atoms with Gasteiger partial charge in [-0.1, -0.05) is 59.6 Å². The van der Waals surface area contributed by atoms with Gasteiger partial charge < -0.3 is 24.8 Å². The second kappa shape index (κ2) is 12.5. The molecule has 8 heteroatoms. The first-order valence-electron chi connectivity index (χ1n) is 12.0. The summed E-state index contributed by atoms with van der Waals surface area (Å²) in [7, 11) is 0. The maximum atomic E-state index is 11.7. The minimum atomic E-state index is -0.670. The average molecular weight is 529 g/mol. The number of carbonyl (C=O) groups excluding carboxylic acids is 1. The monoisotopic (exact) mass is 528 g/mol. The van der Waals surface area contributed by atoms with Crippen LogP contribution < -0.4 is 14.8 Å². The van der Waals surface area contributed by atoms with E-state index in [1.807, 2.05) is 54.6 Å². The molecule has 1 heterocycles. The van der Waals surface area contributed by atoms with Crippen LogP contribution in [0.25, 0.3) is 11.1 Å². The van der Waals surface area contributed by atoms with Crippen LogP contribution in [0.5, 0.6) is 11.5 Å². The summed E-state index contributed by atoms with van der Waals surface area (Å²) in [6.07, 6.45) is 1.12. The Morgan fingerprint density at radius 1 is 1.03 bits per heavy atom. The van der Waals surface area contributed by atoms with Crippen LogP contribution in [-0.2, 0) is 4.79 Å². The topological polar surface area (TPSA) is 71.0 Å². The normalized spacial score (nSPS) is 15.3. The number of aliphatic hydroxyl groups is 1. The van der Waals surface area contributed by atoms with E-state index in [4.69, 9.17) is 32.7 Å². The zero-order valence-corrected chi connectivity index (χ0v) is 21.6. The summed E-state index contributed by atoms with van der Waals surface area (Å²) in [6.45, 7) is 3.70. The van der Waals surface area contributed by atoms with E-state index in [1.54, 1.807) is 12.1 Å². The second-order valence-electron chi connectivity index (χ2n) is 8.92.